The highest BCUT2D eigenvalue weighted by atomic mass is 16.5. The standard InChI is InChI=1S/C11H16O/c1-7-10-3-8-2-9(4-10)6-11(5-8)12-7/h8-11H,1-6H2. The number of ether oxygens (including phenoxy) is 1. The van der Waals surface area contributed by atoms with Crippen molar-refractivity contribution in [2.45, 2.75) is 38.2 Å². The molecule has 4 aliphatic rings. The lowest BCUT2D eigenvalue weighted by Gasteiger charge is -2.36. The predicted molar refractivity (Wildman–Crippen MR) is 47.6 cm³/mol. The maximum Gasteiger partial charge on any atom is 0.0987 e. The first kappa shape index (κ1) is 6.99. The average molecular weight is 164 g/mol. The topological polar surface area (TPSA) is 9.23 Å². The van der Waals surface area contributed by atoms with Crippen LogP contribution < -0.4 is 0 Å². The van der Waals surface area contributed by atoms with Crippen molar-refractivity contribution in [3.05, 3.63) is 12.3 Å². The van der Waals surface area contributed by atoms with Gasteiger partial charge < -0.3 is 4.74 Å². The Hall–Kier alpha value is -0.460. The monoisotopic (exact) mass is 164 g/mol. The van der Waals surface area contributed by atoms with Crippen molar-refractivity contribution in [2.75, 3.05) is 0 Å². The van der Waals surface area contributed by atoms with Crippen LogP contribution in [0.3, 0.4) is 0 Å². The van der Waals surface area contributed by atoms with E-state index in [0.717, 1.165) is 17.6 Å². The van der Waals surface area contributed by atoms with Gasteiger partial charge in [0.1, 0.15) is 0 Å². The number of hydrogen-bond acceptors (Lipinski definition) is 1. The van der Waals surface area contributed by atoms with Crippen LogP contribution in [-0.4, -0.2) is 6.10 Å². The van der Waals surface area contributed by atoms with Crippen molar-refractivity contribution < 1.29 is 4.74 Å². The van der Waals surface area contributed by atoms with E-state index in [1.807, 2.05) is 0 Å². The summed E-state index contributed by atoms with van der Waals surface area (Å²) in [6, 6.07) is 0. The lowest BCUT2D eigenvalue weighted by Crippen LogP contribution is -2.29. The van der Waals surface area contributed by atoms with E-state index in [1.165, 1.54) is 32.1 Å². The highest BCUT2D eigenvalue weighted by molar-refractivity contribution is 5.03. The Morgan fingerprint density at radius 3 is 2.33 bits per heavy atom. The molecular weight excluding hydrogens is 148 g/mol. The molecule has 12 heavy (non-hydrogen) atoms. The van der Waals surface area contributed by atoms with Gasteiger partial charge in [0.05, 0.1) is 11.9 Å². The molecular formula is C11H16O. The Morgan fingerprint density at radius 2 is 1.67 bits per heavy atom. The van der Waals surface area contributed by atoms with Gasteiger partial charge >= 0.3 is 0 Å². The molecule has 1 nitrogen and oxygen atoms in total. The van der Waals surface area contributed by atoms with Gasteiger partial charge in [-0.1, -0.05) is 6.58 Å². The van der Waals surface area contributed by atoms with Crippen LogP contribution in [0.2, 0.25) is 0 Å². The number of hydrogen-bond donors (Lipinski definition) is 0. The van der Waals surface area contributed by atoms with E-state index in [2.05, 4.69) is 6.58 Å². The third kappa shape index (κ3) is 0.917. The molecule has 0 aromatic carbocycles. The van der Waals surface area contributed by atoms with Gasteiger partial charge in [-0.15, -0.1) is 0 Å². The van der Waals surface area contributed by atoms with Gasteiger partial charge in [0.25, 0.3) is 0 Å². The van der Waals surface area contributed by atoms with Crippen molar-refractivity contribution >= 4 is 0 Å². The van der Waals surface area contributed by atoms with Crippen LogP contribution in [0.4, 0.5) is 0 Å². The first-order valence-corrected chi connectivity index (χ1v) is 5.16. The summed E-state index contributed by atoms with van der Waals surface area (Å²) >= 11 is 0. The van der Waals surface area contributed by atoms with Crippen LogP contribution in [-0.2, 0) is 4.74 Å². The summed E-state index contributed by atoms with van der Waals surface area (Å²) in [6.45, 7) is 4.05. The first-order valence-electron chi connectivity index (χ1n) is 5.16. The van der Waals surface area contributed by atoms with Crippen LogP contribution in [0, 0.1) is 17.8 Å². The molecule has 2 atom stereocenters. The lowest BCUT2D eigenvalue weighted by molar-refractivity contribution is 0.0635. The molecule has 2 heterocycles. The summed E-state index contributed by atoms with van der Waals surface area (Å²) in [4.78, 5) is 0. The normalized spacial score (nSPS) is 50.5. The summed E-state index contributed by atoms with van der Waals surface area (Å²) in [7, 11) is 0. The van der Waals surface area contributed by atoms with E-state index in [1.54, 1.807) is 0 Å². The minimum absolute atomic E-state index is 0.536. The van der Waals surface area contributed by atoms with Crippen LogP contribution in [0.1, 0.15) is 32.1 Å². The van der Waals surface area contributed by atoms with Crippen molar-refractivity contribution in [3.63, 3.8) is 0 Å². The molecule has 2 saturated heterocycles. The zero-order valence-electron chi connectivity index (χ0n) is 7.46. The Balaban J connectivity index is 1.95. The number of rotatable bonds is 0. The minimum atomic E-state index is 0.536. The minimum Gasteiger partial charge on any atom is -0.495 e. The molecule has 2 saturated carbocycles. The highest BCUT2D eigenvalue weighted by Gasteiger charge is 2.41. The molecule has 4 bridgehead atoms. The molecule has 0 spiro atoms. The van der Waals surface area contributed by atoms with Gasteiger partial charge in [0.15, 0.2) is 0 Å². The van der Waals surface area contributed by atoms with E-state index in [9.17, 15) is 0 Å². The quantitative estimate of drug-likeness (QED) is 0.535. The molecule has 4 rings (SSSR count). The molecule has 2 aliphatic carbocycles. The molecule has 2 aliphatic heterocycles. The average Bonchev–Trinajstić information content (AvgIpc) is 2.16. The maximum absolute atomic E-state index is 5.84. The molecule has 0 radical (unpaired) electrons. The molecule has 1 heteroatoms. The molecule has 66 valence electrons. The van der Waals surface area contributed by atoms with E-state index in [0.29, 0.717) is 12.0 Å². The summed E-state index contributed by atoms with van der Waals surface area (Å²) in [6.07, 6.45) is 7.37. The third-order valence-corrected chi connectivity index (χ3v) is 3.87. The van der Waals surface area contributed by atoms with Gasteiger partial charge in [0.2, 0.25) is 0 Å². The fourth-order valence-corrected chi connectivity index (χ4v) is 3.46. The van der Waals surface area contributed by atoms with Gasteiger partial charge in [-0.2, -0.15) is 0 Å². The van der Waals surface area contributed by atoms with Gasteiger partial charge in [0, 0.05) is 5.92 Å². The second-order valence-corrected chi connectivity index (χ2v) is 4.81. The molecule has 0 aromatic rings. The Bertz CT molecular complexity index is 207. The van der Waals surface area contributed by atoms with E-state index in [-0.39, 0.29) is 0 Å². The third-order valence-electron chi connectivity index (χ3n) is 3.87. The number of fused-ring (bicyclic) bond motifs is 1. The second kappa shape index (κ2) is 2.27. The zero-order valence-corrected chi connectivity index (χ0v) is 7.46. The fraction of sp³-hybridized carbons (Fsp3) is 0.818. The Kier molecular flexibility index (Phi) is 1.32. The van der Waals surface area contributed by atoms with Crippen LogP contribution in [0.15, 0.2) is 12.3 Å². The molecule has 2 unspecified atom stereocenters. The largest absolute Gasteiger partial charge is 0.495 e. The predicted octanol–water partition coefficient (Wildman–Crippen LogP) is 2.73. The smallest absolute Gasteiger partial charge is 0.0987 e. The lowest BCUT2D eigenvalue weighted by atomic mass is 9.68. The van der Waals surface area contributed by atoms with E-state index in [4.69, 9.17) is 4.74 Å². The van der Waals surface area contributed by atoms with Crippen LogP contribution >= 0.6 is 0 Å². The molecule has 0 amide bonds. The molecule has 4 fully saturated rings. The zero-order chi connectivity index (χ0) is 8.13. The number of allylic oxidation sites excluding steroid dienone is 1. The van der Waals surface area contributed by atoms with Crippen LogP contribution in [0.25, 0.3) is 0 Å². The summed E-state index contributed by atoms with van der Waals surface area (Å²) in [5.74, 6) is 3.74. The second-order valence-electron chi connectivity index (χ2n) is 4.81. The SMILES string of the molecule is C=C1OC2CC3CC(C2)CC1C3. The first-order chi connectivity index (χ1) is 5.81. The summed E-state index contributed by atoms with van der Waals surface area (Å²) < 4.78 is 5.84. The van der Waals surface area contributed by atoms with Gasteiger partial charge in [-0.3, -0.25) is 0 Å². The highest BCUT2D eigenvalue weighted by Crippen LogP contribution is 2.49. The Labute approximate surface area is 73.8 Å². The van der Waals surface area contributed by atoms with Crippen molar-refractivity contribution in [2.24, 2.45) is 17.8 Å². The molecule has 0 aromatic heterocycles. The molecule has 0 N–H and O–H groups in total. The van der Waals surface area contributed by atoms with Crippen molar-refractivity contribution in [3.8, 4) is 0 Å². The van der Waals surface area contributed by atoms with Gasteiger partial charge in [-0.25, -0.2) is 0 Å². The van der Waals surface area contributed by atoms with E-state index >= 15 is 0 Å². The fourth-order valence-electron chi connectivity index (χ4n) is 3.46. The van der Waals surface area contributed by atoms with Crippen molar-refractivity contribution in [1.29, 1.82) is 0 Å². The maximum atomic E-state index is 5.84. The summed E-state index contributed by atoms with van der Waals surface area (Å²) in [5.41, 5.74) is 0. The van der Waals surface area contributed by atoms with Gasteiger partial charge in [-0.05, 0) is 43.9 Å². The summed E-state index contributed by atoms with van der Waals surface area (Å²) in [5, 5.41) is 0. The van der Waals surface area contributed by atoms with Crippen LogP contribution in [0.5, 0.6) is 0 Å². The Morgan fingerprint density at radius 1 is 1.00 bits per heavy atom. The van der Waals surface area contributed by atoms with E-state index < -0.39 is 0 Å². The van der Waals surface area contributed by atoms with Crippen molar-refractivity contribution in [1.82, 2.24) is 0 Å².